The van der Waals surface area contributed by atoms with Crippen molar-refractivity contribution in [2.24, 2.45) is 0 Å². The average Bonchev–Trinajstić information content (AvgIpc) is 2.84. The molecule has 0 amide bonds. The molecule has 0 unspecified atom stereocenters. The molecular formula is C30H34O3Si. The number of esters is 1. The summed E-state index contributed by atoms with van der Waals surface area (Å²) < 4.78 is 12.3. The zero-order chi connectivity index (χ0) is 24.1. The number of benzene rings is 3. The van der Waals surface area contributed by atoms with Crippen LogP contribution in [0.3, 0.4) is 0 Å². The van der Waals surface area contributed by atoms with Gasteiger partial charge < -0.3 is 9.16 Å². The predicted octanol–water partition coefficient (Wildman–Crippen LogP) is 5.15. The highest BCUT2D eigenvalue weighted by molar-refractivity contribution is 6.80. The Morgan fingerprint density at radius 3 is 2.03 bits per heavy atom. The normalized spacial score (nSPS) is 13.6. The SMILES string of the molecule is CCOC(=O)CC1=C(O[SiH](c2ccccc2)c2ccccc2)CCc2c1cccc2C(C)(C)C. The van der Waals surface area contributed by atoms with E-state index in [-0.39, 0.29) is 17.8 Å². The molecule has 3 aromatic carbocycles. The van der Waals surface area contributed by atoms with Crippen LogP contribution in [0.4, 0.5) is 0 Å². The monoisotopic (exact) mass is 470 g/mol. The summed E-state index contributed by atoms with van der Waals surface area (Å²) in [6.45, 7) is 8.97. The molecule has 0 radical (unpaired) electrons. The highest BCUT2D eigenvalue weighted by Crippen LogP contribution is 2.39. The first-order valence-electron chi connectivity index (χ1n) is 12.2. The zero-order valence-corrected chi connectivity index (χ0v) is 21.8. The van der Waals surface area contributed by atoms with Crippen LogP contribution in [0.5, 0.6) is 0 Å². The molecule has 3 aromatic rings. The molecule has 0 heterocycles. The van der Waals surface area contributed by atoms with Gasteiger partial charge in [0.15, 0.2) is 0 Å². The average molecular weight is 471 g/mol. The predicted molar refractivity (Wildman–Crippen MR) is 142 cm³/mol. The lowest BCUT2D eigenvalue weighted by atomic mass is 9.77. The lowest BCUT2D eigenvalue weighted by Crippen LogP contribution is -2.45. The van der Waals surface area contributed by atoms with Crippen molar-refractivity contribution in [3.05, 3.63) is 101 Å². The van der Waals surface area contributed by atoms with E-state index in [1.165, 1.54) is 21.5 Å². The minimum Gasteiger partial charge on any atom is -0.540 e. The lowest BCUT2D eigenvalue weighted by Gasteiger charge is -2.31. The van der Waals surface area contributed by atoms with Gasteiger partial charge in [0.05, 0.1) is 18.8 Å². The Hall–Kier alpha value is -3.11. The molecule has 34 heavy (non-hydrogen) atoms. The van der Waals surface area contributed by atoms with Crippen LogP contribution in [-0.2, 0) is 25.8 Å². The van der Waals surface area contributed by atoms with Gasteiger partial charge in [0.25, 0.3) is 9.04 Å². The number of allylic oxidation sites excluding steroid dienone is 1. The van der Waals surface area contributed by atoms with Crippen molar-refractivity contribution in [3.8, 4) is 0 Å². The van der Waals surface area contributed by atoms with Gasteiger partial charge in [-0.2, -0.15) is 0 Å². The lowest BCUT2D eigenvalue weighted by molar-refractivity contribution is -0.141. The second kappa shape index (κ2) is 10.4. The van der Waals surface area contributed by atoms with E-state index in [4.69, 9.17) is 9.16 Å². The highest BCUT2D eigenvalue weighted by atomic mass is 28.3. The van der Waals surface area contributed by atoms with Gasteiger partial charge in [0, 0.05) is 12.0 Å². The minimum absolute atomic E-state index is 0.0318. The fraction of sp³-hybridized carbons (Fsp3) is 0.300. The molecule has 0 saturated heterocycles. The summed E-state index contributed by atoms with van der Waals surface area (Å²) in [6, 6.07) is 27.5. The smallest absolute Gasteiger partial charge is 0.310 e. The number of hydrogen-bond acceptors (Lipinski definition) is 3. The van der Waals surface area contributed by atoms with Crippen LogP contribution in [-0.4, -0.2) is 21.6 Å². The van der Waals surface area contributed by atoms with Crippen molar-refractivity contribution in [3.63, 3.8) is 0 Å². The van der Waals surface area contributed by atoms with E-state index in [1.54, 1.807) is 0 Å². The van der Waals surface area contributed by atoms with Gasteiger partial charge in [-0.25, -0.2) is 0 Å². The molecule has 1 aliphatic carbocycles. The van der Waals surface area contributed by atoms with Crippen LogP contribution in [0.1, 0.15) is 57.2 Å². The fourth-order valence-electron chi connectivity index (χ4n) is 4.79. The maximum Gasteiger partial charge on any atom is 0.310 e. The van der Waals surface area contributed by atoms with Gasteiger partial charge in [-0.1, -0.05) is 99.6 Å². The third-order valence-corrected chi connectivity index (χ3v) is 8.84. The first-order valence-corrected chi connectivity index (χ1v) is 13.8. The maximum atomic E-state index is 12.7. The molecule has 0 spiro atoms. The molecule has 0 aliphatic heterocycles. The molecule has 0 bridgehead atoms. The molecule has 0 N–H and O–H groups in total. The number of carbonyl (C=O) groups is 1. The molecular weight excluding hydrogens is 436 g/mol. The Labute approximate surface area is 205 Å². The second-order valence-electron chi connectivity index (χ2n) is 9.78. The molecule has 3 nitrogen and oxygen atoms in total. The Kier molecular flexibility index (Phi) is 7.37. The van der Waals surface area contributed by atoms with E-state index >= 15 is 0 Å². The van der Waals surface area contributed by atoms with Crippen molar-refractivity contribution < 1.29 is 14.0 Å². The Morgan fingerprint density at radius 2 is 1.47 bits per heavy atom. The Morgan fingerprint density at radius 1 is 0.853 bits per heavy atom. The molecule has 4 heteroatoms. The van der Waals surface area contributed by atoms with Gasteiger partial charge >= 0.3 is 5.97 Å². The van der Waals surface area contributed by atoms with Crippen molar-refractivity contribution in [1.82, 2.24) is 0 Å². The van der Waals surface area contributed by atoms with Crippen molar-refractivity contribution in [1.29, 1.82) is 0 Å². The molecule has 0 saturated carbocycles. The van der Waals surface area contributed by atoms with E-state index in [2.05, 4.69) is 87.5 Å². The summed E-state index contributed by atoms with van der Waals surface area (Å²) in [5.74, 6) is 0.737. The zero-order valence-electron chi connectivity index (χ0n) is 20.6. The van der Waals surface area contributed by atoms with Crippen molar-refractivity contribution in [2.75, 3.05) is 6.61 Å². The van der Waals surface area contributed by atoms with Gasteiger partial charge in [0.1, 0.15) is 0 Å². The van der Waals surface area contributed by atoms with Gasteiger partial charge in [-0.05, 0) is 45.8 Å². The molecule has 176 valence electrons. The maximum absolute atomic E-state index is 12.7. The third kappa shape index (κ3) is 5.34. The Bertz CT molecular complexity index is 1120. The fourth-order valence-corrected chi connectivity index (χ4v) is 7.13. The number of ether oxygens (including phenoxy) is 1. The molecule has 0 atom stereocenters. The highest BCUT2D eigenvalue weighted by Gasteiger charge is 2.30. The number of carbonyl (C=O) groups excluding carboxylic acids is 1. The topological polar surface area (TPSA) is 35.5 Å². The van der Waals surface area contributed by atoms with E-state index in [0.717, 1.165) is 29.7 Å². The van der Waals surface area contributed by atoms with Crippen molar-refractivity contribution in [2.45, 2.75) is 52.4 Å². The van der Waals surface area contributed by atoms with Crippen LogP contribution in [0.25, 0.3) is 5.57 Å². The largest absolute Gasteiger partial charge is 0.540 e. The first-order chi connectivity index (χ1) is 16.4. The second-order valence-corrected chi connectivity index (χ2v) is 12.1. The van der Waals surface area contributed by atoms with Crippen LogP contribution >= 0.6 is 0 Å². The first kappa shape index (κ1) is 24.0. The summed E-state index contributed by atoms with van der Waals surface area (Å²) in [6.07, 6.45) is 1.93. The van der Waals surface area contributed by atoms with Crippen LogP contribution in [0, 0.1) is 0 Å². The summed E-state index contributed by atoms with van der Waals surface area (Å²) >= 11 is 0. The standard InChI is InChI=1S/C30H34O3Si/c1-5-32-29(31)21-26-24-17-12-18-27(30(2,3)4)25(24)19-20-28(26)33-34(22-13-8-6-9-14-22)23-15-10-7-11-16-23/h6-18,34H,5,19-21H2,1-4H3. The summed E-state index contributed by atoms with van der Waals surface area (Å²) in [7, 11) is -1.99. The molecule has 4 rings (SSSR count). The van der Waals surface area contributed by atoms with Gasteiger partial charge in [-0.15, -0.1) is 0 Å². The van der Waals surface area contributed by atoms with E-state index in [9.17, 15) is 4.79 Å². The molecule has 0 fully saturated rings. The van der Waals surface area contributed by atoms with Gasteiger partial charge in [-0.3, -0.25) is 4.79 Å². The number of hydrogen-bond donors (Lipinski definition) is 0. The van der Waals surface area contributed by atoms with E-state index in [0.29, 0.717) is 6.61 Å². The summed E-state index contributed by atoms with van der Waals surface area (Å²) in [5.41, 5.74) is 4.82. The summed E-state index contributed by atoms with van der Waals surface area (Å²) in [4.78, 5) is 12.7. The number of rotatable bonds is 7. The van der Waals surface area contributed by atoms with Crippen LogP contribution < -0.4 is 10.4 Å². The molecule has 1 aliphatic rings. The molecule has 0 aromatic heterocycles. The Balaban J connectivity index is 1.82. The quantitative estimate of drug-likeness (QED) is 0.354. The van der Waals surface area contributed by atoms with E-state index in [1.807, 2.05) is 19.1 Å². The van der Waals surface area contributed by atoms with Gasteiger partial charge in [0.2, 0.25) is 0 Å². The minimum atomic E-state index is -1.99. The van der Waals surface area contributed by atoms with Crippen LogP contribution in [0.15, 0.2) is 84.6 Å². The third-order valence-electron chi connectivity index (χ3n) is 6.34. The van der Waals surface area contributed by atoms with Crippen LogP contribution in [0.2, 0.25) is 0 Å². The summed E-state index contributed by atoms with van der Waals surface area (Å²) in [5, 5.41) is 2.46. The van der Waals surface area contributed by atoms with E-state index < -0.39 is 9.04 Å². The number of fused-ring (bicyclic) bond motifs is 1. The van der Waals surface area contributed by atoms with Crippen molar-refractivity contribution >= 4 is 31.0 Å².